The first kappa shape index (κ1) is 15.6. The fourth-order valence-electron chi connectivity index (χ4n) is 3.00. The number of hydrogen-bond acceptors (Lipinski definition) is 5. The highest BCUT2D eigenvalue weighted by molar-refractivity contribution is 5.94. The van der Waals surface area contributed by atoms with Crippen molar-refractivity contribution in [2.75, 3.05) is 19.6 Å². The maximum Gasteiger partial charge on any atom is 0.343 e. The highest BCUT2D eigenvalue weighted by Crippen LogP contribution is 2.29. The van der Waals surface area contributed by atoms with Crippen molar-refractivity contribution in [2.24, 2.45) is 0 Å². The van der Waals surface area contributed by atoms with Crippen LogP contribution in [0, 0.1) is 0 Å². The molecule has 0 radical (unpaired) electrons. The largest absolute Gasteiger partial charge is 0.507 e. The number of amides is 1. The van der Waals surface area contributed by atoms with Gasteiger partial charge in [-0.05, 0) is 31.5 Å². The summed E-state index contributed by atoms with van der Waals surface area (Å²) in [5.41, 5.74) is -0.243. The molecule has 2 saturated heterocycles. The molecule has 3 rings (SSSR count). The molecule has 7 heteroatoms. The van der Waals surface area contributed by atoms with Crippen LogP contribution in [0.4, 0.5) is 0 Å². The summed E-state index contributed by atoms with van der Waals surface area (Å²) in [6.45, 7) is 1.86. The van der Waals surface area contributed by atoms with Crippen LogP contribution < -0.4 is 10.1 Å². The Labute approximate surface area is 133 Å². The van der Waals surface area contributed by atoms with Crippen molar-refractivity contribution in [2.45, 2.75) is 31.4 Å². The van der Waals surface area contributed by atoms with Crippen molar-refractivity contribution in [3.05, 3.63) is 23.8 Å². The lowest BCUT2D eigenvalue weighted by Gasteiger charge is -2.39. The number of rotatable bonds is 5. The molecule has 0 bridgehead atoms. The molecule has 2 aliphatic heterocycles. The Morgan fingerprint density at radius 3 is 2.78 bits per heavy atom. The number of benzene rings is 1. The molecular formula is C16H20N2O5. The van der Waals surface area contributed by atoms with Crippen LogP contribution in [-0.4, -0.2) is 58.8 Å². The van der Waals surface area contributed by atoms with Crippen LogP contribution in [0.15, 0.2) is 18.2 Å². The lowest BCUT2D eigenvalue weighted by molar-refractivity contribution is -0.140. The zero-order valence-electron chi connectivity index (χ0n) is 12.7. The zero-order valence-corrected chi connectivity index (χ0v) is 12.7. The summed E-state index contributed by atoms with van der Waals surface area (Å²) in [6.07, 6.45) is 2.40. The number of carbonyl (C=O) groups excluding carboxylic acids is 1. The summed E-state index contributed by atoms with van der Waals surface area (Å²) >= 11 is 0. The van der Waals surface area contributed by atoms with Crippen LogP contribution in [0.5, 0.6) is 11.5 Å². The number of aromatic carboxylic acids is 1. The molecule has 0 spiro atoms. The molecule has 0 aliphatic carbocycles. The van der Waals surface area contributed by atoms with Gasteiger partial charge in [0.05, 0.1) is 13.1 Å². The Hall–Kier alpha value is -2.28. The number of carboxylic acid groups (broad SMARTS) is 1. The summed E-state index contributed by atoms with van der Waals surface area (Å²) in [4.78, 5) is 25.0. The van der Waals surface area contributed by atoms with Gasteiger partial charge in [0.25, 0.3) is 0 Å². The molecule has 1 atom stereocenters. The third-order valence-corrected chi connectivity index (χ3v) is 4.30. The van der Waals surface area contributed by atoms with Gasteiger partial charge in [-0.2, -0.15) is 0 Å². The number of nitrogens with zero attached hydrogens (tertiary/aromatic N) is 1. The van der Waals surface area contributed by atoms with Crippen molar-refractivity contribution in [3.63, 3.8) is 0 Å². The number of likely N-dealkylation sites (tertiary alicyclic amines) is 1. The van der Waals surface area contributed by atoms with E-state index in [1.807, 2.05) is 0 Å². The number of carboxylic acids is 1. The molecule has 0 saturated carbocycles. The van der Waals surface area contributed by atoms with Crippen LogP contribution in [0.3, 0.4) is 0 Å². The summed E-state index contributed by atoms with van der Waals surface area (Å²) in [6, 6.07) is 4.62. The molecule has 1 aromatic carbocycles. The number of aromatic hydroxyl groups is 1. The Kier molecular flexibility index (Phi) is 4.38. The third-order valence-electron chi connectivity index (χ3n) is 4.30. The topological polar surface area (TPSA) is 99.1 Å². The van der Waals surface area contributed by atoms with Gasteiger partial charge in [0.15, 0.2) is 0 Å². The second kappa shape index (κ2) is 6.45. The van der Waals surface area contributed by atoms with E-state index in [0.29, 0.717) is 19.5 Å². The smallest absolute Gasteiger partial charge is 0.343 e. The fourth-order valence-corrected chi connectivity index (χ4v) is 3.00. The summed E-state index contributed by atoms with van der Waals surface area (Å²) in [5, 5.41) is 22.1. The summed E-state index contributed by atoms with van der Waals surface area (Å²) < 4.78 is 5.62. The third kappa shape index (κ3) is 3.39. The minimum absolute atomic E-state index is 0.0959. The van der Waals surface area contributed by atoms with Gasteiger partial charge >= 0.3 is 5.97 Å². The van der Waals surface area contributed by atoms with E-state index in [0.717, 1.165) is 19.4 Å². The molecule has 0 aromatic heterocycles. The van der Waals surface area contributed by atoms with E-state index in [2.05, 4.69) is 5.32 Å². The predicted molar refractivity (Wildman–Crippen MR) is 81.7 cm³/mol. The van der Waals surface area contributed by atoms with Crippen molar-refractivity contribution in [1.82, 2.24) is 10.2 Å². The molecule has 1 aromatic rings. The van der Waals surface area contributed by atoms with Gasteiger partial charge in [-0.25, -0.2) is 4.79 Å². The minimum Gasteiger partial charge on any atom is -0.507 e. The molecule has 1 amide bonds. The molecule has 23 heavy (non-hydrogen) atoms. The van der Waals surface area contributed by atoms with E-state index < -0.39 is 5.97 Å². The molecule has 0 unspecified atom stereocenters. The number of phenols is 1. The van der Waals surface area contributed by atoms with Gasteiger partial charge < -0.3 is 25.2 Å². The van der Waals surface area contributed by atoms with Crippen LogP contribution in [0.1, 0.15) is 29.6 Å². The van der Waals surface area contributed by atoms with E-state index in [-0.39, 0.29) is 35.1 Å². The van der Waals surface area contributed by atoms with Crippen molar-refractivity contribution in [3.8, 4) is 11.5 Å². The molecule has 2 fully saturated rings. The zero-order chi connectivity index (χ0) is 16.4. The lowest BCUT2D eigenvalue weighted by atomic mass is 10.1. The molecule has 2 aliphatic rings. The van der Waals surface area contributed by atoms with E-state index in [1.165, 1.54) is 18.2 Å². The first-order valence-corrected chi connectivity index (χ1v) is 7.77. The first-order valence-electron chi connectivity index (χ1n) is 7.77. The Bertz CT molecular complexity index is 606. The van der Waals surface area contributed by atoms with Crippen LogP contribution in [0.25, 0.3) is 0 Å². The number of hydrogen-bond donors (Lipinski definition) is 3. The van der Waals surface area contributed by atoms with Gasteiger partial charge in [-0.15, -0.1) is 0 Å². The van der Waals surface area contributed by atoms with E-state index >= 15 is 0 Å². The molecule has 2 heterocycles. The standard InChI is InChI=1S/C16H20N2O5/c19-12-4-1-5-13(15(12)16(21)22)23-11-8-18(9-11)14(20)7-10-3-2-6-17-10/h1,4-5,10-11,17,19H,2-3,6-9H2,(H,21,22)/t10-/m1/s1. The van der Waals surface area contributed by atoms with Gasteiger partial charge in [-0.1, -0.05) is 6.07 Å². The monoisotopic (exact) mass is 320 g/mol. The molecule has 3 N–H and O–H groups in total. The Morgan fingerprint density at radius 1 is 1.35 bits per heavy atom. The van der Waals surface area contributed by atoms with Gasteiger partial charge in [-0.3, -0.25) is 4.79 Å². The van der Waals surface area contributed by atoms with Crippen LogP contribution in [-0.2, 0) is 4.79 Å². The van der Waals surface area contributed by atoms with E-state index in [9.17, 15) is 14.7 Å². The van der Waals surface area contributed by atoms with Gasteiger partial charge in [0, 0.05) is 12.5 Å². The average Bonchev–Trinajstić information content (AvgIpc) is 2.94. The second-order valence-corrected chi connectivity index (χ2v) is 5.99. The van der Waals surface area contributed by atoms with E-state index in [4.69, 9.17) is 9.84 Å². The lowest BCUT2D eigenvalue weighted by Crippen LogP contribution is -2.56. The maximum absolute atomic E-state index is 12.1. The van der Waals surface area contributed by atoms with Crippen LogP contribution >= 0.6 is 0 Å². The normalized spacial score (nSPS) is 21.0. The number of carbonyl (C=O) groups is 2. The second-order valence-electron chi connectivity index (χ2n) is 5.99. The summed E-state index contributed by atoms with van der Waals surface area (Å²) in [7, 11) is 0. The highest BCUT2D eigenvalue weighted by atomic mass is 16.5. The molecule has 7 nitrogen and oxygen atoms in total. The first-order chi connectivity index (χ1) is 11.0. The van der Waals surface area contributed by atoms with Crippen LogP contribution in [0.2, 0.25) is 0 Å². The van der Waals surface area contributed by atoms with Crippen molar-refractivity contribution >= 4 is 11.9 Å². The highest BCUT2D eigenvalue weighted by Gasteiger charge is 2.34. The quantitative estimate of drug-likeness (QED) is 0.743. The van der Waals surface area contributed by atoms with Gasteiger partial charge in [0.1, 0.15) is 23.2 Å². The SMILES string of the molecule is O=C(O)c1c(O)cccc1OC1CN(C(=O)C[C@H]2CCCN2)C1. The average molecular weight is 320 g/mol. The van der Waals surface area contributed by atoms with E-state index in [1.54, 1.807) is 4.90 Å². The summed E-state index contributed by atoms with van der Waals surface area (Å²) in [5.74, 6) is -1.34. The molecule has 124 valence electrons. The Morgan fingerprint density at radius 2 is 2.13 bits per heavy atom. The number of nitrogens with one attached hydrogen (secondary N) is 1. The van der Waals surface area contributed by atoms with Crippen molar-refractivity contribution < 1.29 is 24.5 Å². The maximum atomic E-state index is 12.1. The molecular weight excluding hydrogens is 300 g/mol. The fraction of sp³-hybridized carbons (Fsp3) is 0.500. The Balaban J connectivity index is 1.53. The van der Waals surface area contributed by atoms with Crippen molar-refractivity contribution in [1.29, 1.82) is 0 Å². The predicted octanol–water partition coefficient (Wildman–Crippen LogP) is 0.822. The van der Waals surface area contributed by atoms with Gasteiger partial charge in [0.2, 0.25) is 5.91 Å². The minimum atomic E-state index is -1.24. The number of ether oxygens (including phenoxy) is 1.